The van der Waals surface area contributed by atoms with Crippen LogP contribution in [0.5, 0.6) is 0 Å². The molecule has 0 fully saturated rings. The first-order valence-corrected chi connectivity index (χ1v) is 8.07. The molecule has 1 aromatic heterocycles. The molecule has 0 spiro atoms. The highest BCUT2D eigenvalue weighted by atomic mass is 127. The van der Waals surface area contributed by atoms with E-state index in [-0.39, 0.29) is 29.4 Å². The third-order valence-electron chi connectivity index (χ3n) is 4.07. The molecule has 0 atom stereocenters. The standard InChI is InChI=1S/C18H27N5.HI/c1-5-14-6-8-15(9-7-14)18(2,3)13-21-17(19-4)20-12-16-10-11-22-23-16;/h6-11H,5,12-13H2,1-4H3,(H,22,23)(H2,19,20,21);1H. The summed E-state index contributed by atoms with van der Waals surface area (Å²) in [4.78, 5) is 4.27. The van der Waals surface area contributed by atoms with Crippen LogP contribution in [-0.4, -0.2) is 29.7 Å². The second kappa shape index (κ2) is 9.66. The molecule has 0 saturated heterocycles. The van der Waals surface area contributed by atoms with Crippen LogP contribution in [0.2, 0.25) is 0 Å². The molecule has 0 aliphatic heterocycles. The first kappa shape index (κ1) is 20.5. The summed E-state index contributed by atoms with van der Waals surface area (Å²) in [6, 6.07) is 10.8. The smallest absolute Gasteiger partial charge is 0.191 e. The van der Waals surface area contributed by atoms with Crippen molar-refractivity contribution in [2.45, 2.75) is 39.2 Å². The molecule has 0 aliphatic rings. The minimum Gasteiger partial charge on any atom is -0.356 e. The second-order valence-electron chi connectivity index (χ2n) is 6.30. The average Bonchev–Trinajstić information content (AvgIpc) is 3.08. The Morgan fingerprint density at radius 1 is 1.17 bits per heavy atom. The number of nitrogens with zero attached hydrogens (tertiary/aromatic N) is 2. The Morgan fingerprint density at radius 3 is 2.42 bits per heavy atom. The molecule has 1 heterocycles. The van der Waals surface area contributed by atoms with Crippen molar-refractivity contribution < 1.29 is 0 Å². The first-order valence-electron chi connectivity index (χ1n) is 8.07. The Balaban J connectivity index is 0.00000288. The fraction of sp³-hybridized carbons (Fsp3) is 0.444. The lowest BCUT2D eigenvalue weighted by molar-refractivity contribution is 0.508. The number of nitrogens with one attached hydrogen (secondary N) is 3. The third-order valence-corrected chi connectivity index (χ3v) is 4.07. The van der Waals surface area contributed by atoms with Gasteiger partial charge in [-0.05, 0) is 23.6 Å². The van der Waals surface area contributed by atoms with Gasteiger partial charge in [0.2, 0.25) is 0 Å². The molecular formula is C18H28IN5. The number of aliphatic imine (C=N–C) groups is 1. The van der Waals surface area contributed by atoms with Crippen molar-refractivity contribution in [3.63, 3.8) is 0 Å². The fourth-order valence-corrected chi connectivity index (χ4v) is 2.38. The molecule has 0 saturated carbocycles. The summed E-state index contributed by atoms with van der Waals surface area (Å²) in [5.41, 5.74) is 3.75. The van der Waals surface area contributed by atoms with Crippen molar-refractivity contribution in [3.8, 4) is 0 Å². The number of aryl methyl sites for hydroxylation is 1. The molecule has 132 valence electrons. The Kier molecular flexibility index (Phi) is 8.24. The summed E-state index contributed by atoms with van der Waals surface area (Å²) in [5, 5.41) is 13.6. The molecule has 6 heteroatoms. The fourth-order valence-electron chi connectivity index (χ4n) is 2.38. The van der Waals surface area contributed by atoms with E-state index in [1.54, 1.807) is 13.2 Å². The lowest BCUT2D eigenvalue weighted by Crippen LogP contribution is -2.43. The van der Waals surface area contributed by atoms with Crippen molar-refractivity contribution in [2.24, 2.45) is 4.99 Å². The zero-order valence-corrected chi connectivity index (χ0v) is 17.2. The van der Waals surface area contributed by atoms with E-state index in [9.17, 15) is 0 Å². The molecular weight excluding hydrogens is 413 g/mol. The molecule has 0 bridgehead atoms. The van der Waals surface area contributed by atoms with E-state index >= 15 is 0 Å². The first-order chi connectivity index (χ1) is 11.0. The Morgan fingerprint density at radius 2 is 1.88 bits per heavy atom. The molecule has 2 rings (SSSR count). The highest BCUT2D eigenvalue weighted by molar-refractivity contribution is 14.0. The van der Waals surface area contributed by atoms with Gasteiger partial charge in [-0.25, -0.2) is 0 Å². The highest BCUT2D eigenvalue weighted by Gasteiger charge is 2.20. The second-order valence-corrected chi connectivity index (χ2v) is 6.30. The van der Waals surface area contributed by atoms with Crippen molar-refractivity contribution in [2.75, 3.05) is 13.6 Å². The van der Waals surface area contributed by atoms with Gasteiger partial charge in [0, 0.05) is 25.2 Å². The van der Waals surface area contributed by atoms with Gasteiger partial charge in [0.05, 0.1) is 12.2 Å². The summed E-state index contributed by atoms with van der Waals surface area (Å²) in [7, 11) is 1.78. The van der Waals surface area contributed by atoms with Crippen LogP contribution >= 0.6 is 24.0 Å². The zero-order valence-electron chi connectivity index (χ0n) is 14.9. The van der Waals surface area contributed by atoms with Crippen LogP contribution in [0.1, 0.15) is 37.6 Å². The van der Waals surface area contributed by atoms with E-state index in [0.717, 1.165) is 24.6 Å². The lowest BCUT2D eigenvalue weighted by Gasteiger charge is -2.27. The van der Waals surface area contributed by atoms with E-state index in [4.69, 9.17) is 0 Å². The molecule has 0 aliphatic carbocycles. The number of hydrogen-bond donors (Lipinski definition) is 3. The molecule has 24 heavy (non-hydrogen) atoms. The van der Waals surface area contributed by atoms with Gasteiger partial charge in [0.25, 0.3) is 0 Å². The van der Waals surface area contributed by atoms with E-state index in [1.165, 1.54) is 11.1 Å². The van der Waals surface area contributed by atoms with E-state index in [1.807, 2.05) is 6.07 Å². The van der Waals surface area contributed by atoms with Crippen molar-refractivity contribution in [3.05, 3.63) is 53.3 Å². The van der Waals surface area contributed by atoms with Crippen LogP contribution in [0.4, 0.5) is 0 Å². The zero-order chi connectivity index (χ0) is 16.7. The number of rotatable bonds is 6. The van der Waals surface area contributed by atoms with E-state index in [2.05, 4.69) is 70.9 Å². The normalized spacial score (nSPS) is 11.8. The summed E-state index contributed by atoms with van der Waals surface area (Å²) < 4.78 is 0. The number of halogens is 1. The van der Waals surface area contributed by atoms with Gasteiger partial charge < -0.3 is 10.6 Å². The number of benzene rings is 1. The number of H-pyrrole nitrogens is 1. The van der Waals surface area contributed by atoms with Crippen LogP contribution < -0.4 is 10.6 Å². The maximum Gasteiger partial charge on any atom is 0.191 e. The van der Waals surface area contributed by atoms with Gasteiger partial charge in [-0.1, -0.05) is 45.0 Å². The molecule has 0 amide bonds. The molecule has 1 aromatic carbocycles. The lowest BCUT2D eigenvalue weighted by atomic mass is 9.84. The number of aromatic nitrogens is 2. The third kappa shape index (κ3) is 5.81. The quantitative estimate of drug-likeness (QED) is 0.367. The summed E-state index contributed by atoms with van der Waals surface area (Å²) in [6.45, 7) is 8.13. The van der Waals surface area contributed by atoms with Gasteiger partial charge in [-0.15, -0.1) is 24.0 Å². The van der Waals surface area contributed by atoms with Crippen LogP contribution in [0.15, 0.2) is 41.5 Å². The monoisotopic (exact) mass is 441 g/mol. The maximum atomic E-state index is 4.27. The van der Waals surface area contributed by atoms with Crippen LogP contribution in [-0.2, 0) is 18.4 Å². The average molecular weight is 441 g/mol. The van der Waals surface area contributed by atoms with Gasteiger partial charge >= 0.3 is 0 Å². The Bertz CT molecular complexity index is 617. The minimum atomic E-state index is 0. The summed E-state index contributed by atoms with van der Waals surface area (Å²) in [5.74, 6) is 0.790. The molecule has 2 aromatic rings. The van der Waals surface area contributed by atoms with E-state index in [0.29, 0.717) is 6.54 Å². The predicted molar refractivity (Wildman–Crippen MR) is 111 cm³/mol. The van der Waals surface area contributed by atoms with Gasteiger partial charge in [-0.2, -0.15) is 5.10 Å². The molecule has 5 nitrogen and oxygen atoms in total. The van der Waals surface area contributed by atoms with E-state index < -0.39 is 0 Å². The molecule has 0 unspecified atom stereocenters. The SMILES string of the molecule is CCc1ccc(C(C)(C)CNC(=NC)NCc2ccn[nH]2)cc1.I. The van der Waals surface area contributed by atoms with Gasteiger partial charge in [0.15, 0.2) is 5.96 Å². The molecule has 3 N–H and O–H groups in total. The minimum absolute atomic E-state index is 0. The summed E-state index contributed by atoms with van der Waals surface area (Å²) >= 11 is 0. The Labute approximate surface area is 161 Å². The topological polar surface area (TPSA) is 65.1 Å². The maximum absolute atomic E-state index is 4.27. The van der Waals surface area contributed by atoms with Gasteiger partial charge in [0.1, 0.15) is 0 Å². The number of aromatic amines is 1. The summed E-state index contributed by atoms with van der Waals surface area (Å²) in [6.07, 6.45) is 2.82. The number of guanidine groups is 1. The molecule has 0 radical (unpaired) electrons. The highest BCUT2D eigenvalue weighted by Crippen LogP contribution is 2.22. The van der Waals surface area contributed by atoms with Crippen LogP contribution in [0.3, 0.4) is 0 Å². The largest absolute Gasteiger partial charge is 0.356 e. The van der Waals surface area contributed by atoms with Crippen molar-refractivity contribution in [1.29, 1.82) is 0 Å². The van der Waals surface area contributed by atoms with Crippen LogP contribution in [0.25, 0.3) is 0 Å². The number of hydrogen-bond acceptors (Lipinski definition) is 2. The van der Waals surface area contributed by atoms with Gasteiger partial charge in [-0.3, -0.25) is 10.1 Å². The predicted octanol–water partition coefficient (Wildman–Crippen LogP) is 3.23. The Hall–Kier alpha value is -1.57. The van der Waals surface area contributed by atoms with Crippen LogP contribution in [0, 0.1) is 0 Å². The van der Waals surface area contributed by atoms with Crippen molar-refractivity contribution >= 4 is 29.9 Å². The van der Waals surface area contributed by atoms with Crippen molar-refractivity contribution in [1.82, 2.24) is 20.8 Å².